The third kappa shape index (κ3) is 4.62. The average Bonchev–Trinajstić information content (AvgIpc) is 3.56. The van der Waals surface area contributed by atoms with Crippen molar-refractivity contribution in [3.05, 3.63) is 65.7 Å². The zero-order valence-corrected chi connectivity index (χ0v) is 19.3. The monoisotopic (exact) mass is 487 g/mol. The minimum Gasteiger partial charge on any atom is -0.475 e. The van der Waals surface area contributed by atoms with Crippen LogP contribution >= 0.6 is 0 Å². The maximum absolute atomic E-state index is 11.4. The van der Waals surface area contributed by atoms with Gasteiger partial charge in [0.2, 0.25) is 17.5 Å². The summed E-state index contributed by atoms with van der Waals surface area (Å²) in [4.78, 5) is 26.3. The van der Waals surface area contributed by atoms with Gasteiger partial charge in [0.1, 0.15) is 29.7 Å². The van der Waals surface area contributed by atoms with E-state index in [1.807, 2.05) is 24.3 Å². The molecule has 11 nitrogen and oxygen atoms in total. The fourth-order valence-electron chi connectivity index (χ4n) is 3.88. The molecule has 0 unspecified atom stereocenters. The molecule has 3 aromatic heterocycles. The number of anilines is 1. The Morgan fingerprint density at radius 2 is 2.00 bits per heavy atom. The first-order valence-electron chi connectivity index (χ1n) is 11.1. The minimum atomic E-state index is -1.27. The molecule has 1 saturated heterocycles. The molecular weight excluding hydrogens is 466 g/mol. The molecule has 4 heterocycles. The number of hydrogen-bond acceptors (Lipinski definition) is 10. The number of hydrogen-bond donors (Lipinski definition) is 1. The Hall–Kier alpha value is -4.69. The summed E-state index contributed by atoms with van der Waals surface area (Å²) in [6.45, 7) is 4.51. The van der Waals surface area contributed by atoms with Crippen molar-refractivity contribution in [2.45, 2.75) is 13.5 Å². The Labute approximate surface area is 205 Å². The highest BCUT2D eigenvalue weighted by atomic mass is 16.5. The van der Waals surface area contributed by atoms with Crippen LogP contribution < -0.4 is 9.64 Å². The number of pyridine rings is 1. The number of nitriles is 1. The van der Waals surface area contributed by atoms with Crippen LogP contribution in [0.5, 0.6) is 5.88 Å². The van der Waals surface area contributed by atoms with Gasteiger partial charge < -0.3 is 28.3 Å². The van der Waals surface area contributed by atoms with E-state index in [0.717, 1.165) is 30.7 Å². The number of nitrogens with zero attached hydrogens (tertiary/aromatic N) is 5. The highest BCUT2D eigenvalue weighted by Crippen LogP contribution is 2.34. The van der Waals surface area contributed by atoms with Gasteiger partial charge in [-0.2, -0.15) is 5.26 Å². The lowest BCUT2D eigenvalue weighted by molar-refractivity contribution is 0.0658. The van der Waals surface area contributed by atoms with Crippen LogP contribution in [-0.4, -0.2) is 52.3 Å². The van der Waals surface area contributed by atoms with Crippen molar-refractivity contribution in [1.29, 1.82) is 5.26 Å². The number of carboxylic acid groups (broad SMARTS) is 1. The molecule has 11 heteroatoms. The molecule has 1 aliphatic rings. The third-order valence-corrected chi connectivity index (χ3v) is 5.67. The van der Waals surface area contributed by atoms with Gasteiger partial charge in [-0.15, -0.1) is 0 Å². The van der Waals surface area contributed by atoms with E-state index in [9.17, 15) is 15.2 Å². The summed E-state index contributed by atoms with van der Waals surface area (Å²) < 4.78 is 21.8. The quantitative estimate of drug-likeness (QED) is 0.407. The lowest BCUT2D eigenvalue weighted by Gasteiger charge is -2.28. The number of aryl methyl sites for hydroxylation is 1. The number of oxazole rings is 2. The van der Waals surface area contributed by atoms with Crippen LogP contribution in [-0.2, 0) is 11.3 Å². The number of carboxylic acids is 1. The number of morpholine rings is 1. The van der Waals surface area contributed by atoms with Crippen LogP contribution in [0.3, 0.4) is 0 Å². The van der Waals surface area contributed by atoms with E-state index >= 15 is 0 Å². The van der Waals surface area contributed by atoms with E-state index in [0.29, 0.717) is 30.2 Å². The highest BCUT2D eigenvalue weighted by molar-refractivity contribution is 5.85. The van der Waals surface area contributed by atoms with Crippen LogP contribution in [0.2, 0.25) is 0 Å². The Morgan fingerprint density at radius 1 is 1.22 bits per heavy atom. The minimum absolute atomic E-state index is 0.00236. The second-order valence-electron chi connectivity index (χ2n) is 7.99. The summed E-state index contributed by atoms with van der Waals surface area (Å²) >= 11 is 0. The molecule has 1 aliphatic heterocycles. The average molecular weight is 487 g/mol. The molecule has 36 heavy (non-hydrogen) atoms. The van der Waals surface area contributed by atoms with Crippen molar-refractivity contribution < 1.29 is 28.2 Å². The molecule has 1 N–H and O–H groups in total. The van der Waals surface area contributed by atoms with Crippen LogP contribution in [0.15, 0.2) is 51.8 Å². The second kappa shape index (κ2) is 9.89. The number of benzene rings is 1. The molecule has 0 radical (unpaired) electrons. The zero-order valence-electron chi connectivity index (χ0n) is 19.3. The first kappa shape index (κ1) is 23.1. The number of aromatic carboxylic acids is 1. The maximum Gasteiger partial charge on any atom is 0.373 e. The Kier molecular flexibility index (Phi) is 6.34. The topological polar surface area (TPSA) is 148 Å². The summed E-state index contributed by atoms with van der Waals surface area (Å²) in [5, 5.41) is 19.2. The van der Waals surface area contributed by atoms with E-state index in [1.54, 1.807) is 19.2 Å². The van der Waals surface area contributed by atoms with Gasteiger partial charge in [-0.1, -0.05) is 12.1 Å². The van der Waals surface area contributed by atoms with Crippen LogP contribution in [0, 0.1) is 18.3 Å². The lowest BCUT2D eigenvalue weighted by Crippen LogP contribution is -2.36. The van der Waals surface area contributed by atoms with Gasteiger partial charge in [-0.3, -0.25) is 0 Å². The van der Waals surface area contributed by atoms with Crippen molar-refractivity contribution in [2.75, 3.05) is 31.2 Å². The molecule has 1 fully saturated rings. The predicted octanol–water partition coefficient (Wildman–Crippen LogP) is 3.69. The van der Waals surface area contributed by atoms with Gasteiger partial charge in [0, 0.05) is 24.3 Å². The molecule has 1 aromatic carbocycles. The lowest BCUT2D eigenvalue weighted by atomic mass is 10.0. The standard InChI is InChI=1S/C25H21N5O6/c1-15-12-27-23(36-15)18-10-20(16-2-4-17(5-3-16)30-6-8-33-9-7-30)29-24(19(18)11-26)34-13-21-22(25(31)32)35-14-28-21/h2-5,10,12,14H,6-9,13H2,1H3,(H,31,32). The summed E-state index contributed by atoms with van der Waals surface area (Å²) in [6.07, 6.45) is 2.58. The van der Waals surface area contributed by atoms with Gasteiger partial charge >= 0.3 is 5.97 Å². The Morgan fingerprint density at radius 3 is 2.67 bits per heavy atom. The summed E-state index contributed by atoms with van der Waals surface area (Å²) in [5.74, 6) is -0.789. The van der Waals surface area contributed by atoms with E-state index in [2.05, 4.69) is 25.9 Å². The summed E-state index contributed by atoms with van der Waals surface area (Å²) in [6, 6.07) is 11.7. The summed E-state index contributed by atoms with van der Waals surface area (Å²) in [5.41, 5.74) is 2.97. The predicted molar refractivity (Wildman–Crippen MR) is 125 cm³/mol. The van der Waals surface area contributed by atoms with Crippen molar-refractivity contribution in [1.82, 2.24) is 15.0 Å². The van der Waals surface area contributed by atoms with E-state index in [4.69, 9.17) is 18.3 Å². The molecule has 0 atom stereocenters. The van der Waals surface area contributed by atoms with Crippen LogP contribution in [0.25, 0.3) is 22.7 Å². The molecule has 4 aromatic rings. The van der Waals surface area contributed by atoms with Gasteiger partial charge in [0.25, 0.3) is 0 Å². The molecule has 182 valence electrons. The molecule has 5 rings (SSSR count). The normalized spacial score (nSPS) is 13.4. The van der Waals surface area contributed by atoms with Crippen molar-refractivity contribution in [2.24, 2.45) is 0 Å². The Bertz CT molecular complexity index is 1430. The largest absolute Gasteiger partial charge is 0.475 e. The highest BCUT2D eigenvalue weighted by Gasteiger charge is 2.22. The zero-order chi connectivity index (χ0) is 25.1. The number of ether oxygens (including phenoxy) is 2. The van der Waals surface area contributed by atoms with Crippen LogP contribution in [0.4, 0.5) is 5.69 Å². The van der Waals surface area contributed by atoms with Gasteiger partial charge in [0.05, 0.1) is 30.7 Å². The molecule has 0 amide bonds. The van der Waals surface area contributed by atoms with Gasteiger partial charge in [-0.25, -0.2) is 19.7 Å². The molecule has 0 spiro atoms. The van der Waals surface area contributed by atoms with Gasteiger partial charge in [0.15, 0.2) is 6.39 Å². The summed E-state index contributed by atoms with van der Waals surface area (Å²) in [7, 11) is 0. The Balaban J connectivity index is 1.53. The number of carbonyl (C=O) groups is 1. The fraction of sp³-hybridized carbons (Fsp3) is 0.240. The second-order valence-corrected chi connectivity index (χ2v) is 7.99. The molecular formula is C25H21N5O6. The number of rotatable bonds is 7. The molecule has 0 saturated carbocycles. The van der Waals surface area contributed by atoms with E-state index in [1.165, 1.54) is 0 Å². The SMILES string of the molecule is Cc1cnc(-c2cc(-c3ccc(N4CCOCC4)cc3)nc(OCc3ncoc3C(=O)O)c2C#N)o1. The first-order chi connectivity index (χ1) is 17.5. The van der Waals surface area contributed by atoms with E-state index in [-0.39, 0.29) is 35.4 Å². The van der Waals surface area contributed by atoms with Gasteiger partial charge in [-0.05, 0) is 25.1 Å². The van der Waals surface area contributed by atoms with Crippen molar-refractivity contribution in [3.8, 4) is 34.7 Å². The maximum atomic E-state index is 11.4. The smallest absolute Gasteiger partial charge is 0.373 e. The molecule has 0 bridgehead atoms. The third-order valence-electron chi connectivity index (χ3n) is 5.67. The van der Waals surface area contributed by atoms with Crippen molar-refractivity contribution in [3.63, 3.8) is 0 Å². The number of aromatic nitrogens is 3. The van der Waals surface area contributed by atoms with E-state index < -0.39 is 5.97 Å². The molecule has 0 aliphatic carbocycles. The fourth-order valence-corrected chi connectivity index (χ4v) is 3.88. The van der Waals surface area contributed by atoms with Crippen LogP contribution in [0.1, 0.15) is 27.6 Å². The first-order valence-corrected chi connectivity index (χ1v) is 11.1. The van der Waals surface area contributed by atoms with Crippen molar-refractivity contribution >= 4 is 11.7 Å².